The van der Waals surface area contributed by atoms with Crippen molar-refractivity contribution in [2.24, 2.45) is 0 Å². The number of nitrogens with zero attached hydrogens (tertiary/aromatic N) is 1. The third-order valence-corrected chi connectivity index (χ3v) is 4.32. The molecule has 0 spiro atoms. The molecule has 1 saturated heterocycles. The van der Waals surface area contributed by atoms with Crippen LogP contribution in [-0.4, -0.2) is 41.1 Å². The molecule has 2 N–H and O–H groups in total. The van der Waals surface area contributed by atoms with Crippen LogP contribution in [0.2, 0.25) is 0 Å². The first-order chi connectivity index (χ1) is 10.1. The molecule has 4 nitrogen and oxygen atoms in total. The van der Waals surface area contributed by atoms with Crippen molar-refractivity contribution in [1.82, 2.24) is 4.90 Å². The molecule has 0 radical (unpaired) electrons. The van der Waals surface area contributed by atoms with Crippen molar-refractivity contribution in [2.75, 3.05) is 25.0 Å². The highest BCUT2D eigenvalue weighted by molar-refractivity contribution is 5.82. The lowest BCUT2D eigenvalue weighted by Crippen LogP contribution is -2.47. The Labute approximate surface area is 127 Å². The van der Waals surface area contributed by atoms with Gasteiger partial charge < -0.3 is 15.3 Å². The van der Waals surface area contributed by atoms with Crippen molar-refractivity contribution < 1.29 is 9.90 Å². The molecule has 116 valence electrons. The molecule has 21 heavy (non-hydrogen) atoms. The monoisotopic (exact) mass is 290 g/mol. The maximum atomic E-state index is 11.9. The van der Waals surface area contributed by atoms with E-state index in [4.69, 9.17) is 0 Å². The minimum atomic E-state index is -0.836. The first kappa shape index (κ1) is 15.8. The molecule has 0 bridgehead atoms. The maximum Gasteiger partial charge on any atom is 0.329 e. The molecule has 1 aliphatic heterocycles. The van der Waals surface area contributed by atoms with Crippen LogP contribution in [0.25, 0.3) is 0 Å². The second-order valence-corrected chi connectivity index (χ2v) is 6.07. The van der Waals surface area contributed by atoms with E-state index in [1.807, 2.05) is 31.2 Å². The number of nitrogens with one attached hydrogen (secondary N) is 1. The van der Waals surface area contributed by atoms with Crippen molar-refractivity contribution in [1.29, 1.82) is 0 Å². The van der Waals surface area contributed by atoms with Gasteiger partial charge in [-0.3, -0.25) is 0 Å². The summed E-state index contributed by atoms with van der Waals surface area (Å²) >= 11 is 0. The molecular weight excluding hydrogens is 264 g/mol. The van der Waals surface area contributed by atoms with Crippen LogP contribution < -0.4 is 5.32 Å². The van der Waals surface area contributed by atoms with Crippen LogP contribution in [0.4, 0.5) is 5.69 Å². The summed E-state index contributed by atoms with van der Waals surface area (Å²) in [6.07, 6.45) is 3.36. The van der Waals surface area contributed by atoms with Gasteiger partial charge in [0.05, 0.1) is 0 Å². The SMILES string of the molecule is CCCN1CCCC(Nc2ccc(C)cc2)(C(=O)O)CC1. The topological polar surface area (TPSA) is 52.6 Å². The van der Waals surface area contributed by atoms with E-state index in [9.17, 15) is 9.90 Å². The predicted octanol–water partition coefficient (Wildman–Crippen LogP) is 3.13. The van der Waals surface area contributed by atoms with E-state index >= 15 is 0 Å². The number of hydrogen-bond acceptors (Lipinski definition) is 3. The second-order valence-electron chi connectivity index (χ2n) is 6.07. The molecule has 1 fully saturated rings. The van der Waals surface area contributed by atoms with Gasteiger partial charge in [-0.1, -0.05) is 24.6 Å². The minimum absolute atomic E-state index is 0.649. The summed E-state index contributed by atoms with van der Waals surface area (Å²) in [5.74, 6) is -0.735. The number of aliphatic carboxylic acids is 1. The van der Waals surface area contributed by atoms with E-state index in [-0.39, 0.29) is 0 Å². The lowest BCUT2D eigenvalue weighted by Gasteiger charge is -2.30. The predicted molar refractivity (Wildman–Crippen MR) is 85.8 cm³/mol. The molecule has 4 heteroatoms. The quantitative estimate of drug-likeness (QED) is 0.875. The number of carbonyl (C=O) groups is 1. The third-order valence-electron chi connectivity index (χ3n) is 4.32. The average molecular weight is 290 g/mol. The zero-order valence-electron chi connectivity index (χ0n) is 13.1. The Morgan fingerprint density at radius 3 is 2.62 bits per heavy atom. The summed E-state index contributed by atoms with van der Waals surface area (Å²) in [5, 5.41) is 13.1. The Hall–Kier alpha value is -1.55. The van der Waals surface area contributed by atoms with Gasteiger partial charge in [0.15, 0.2) is 0 Å². The Kier molecular flexibility index (Phi) is 5.23. The van der Waals surface area contributed by atoms with Crippen molar-refractivity contribution in [3.05, 3.63) is 29.8 Å². The van der Waals surface area contributed by atoms with Crippen LogP contribution >= 0.6 is 0 Å². The smallest absolute Gasteiger partial charge is 0.329 e. The lowest BCUT2D eigenvalue weighted by atomic mass is 9.90. The molecule has 0 saturated carbocycles. The normalized spacial score (nSPS) is 23.5. The Bertz CT molecular complexity index is 472. The molecule has 0 aromatic heterocycles. The number of benzene rings is 1. The summed E-state index contributed by atoms with van der Waals surface area (Å²) in [5.41, 5.74) is 1.24. The van der Waals surface area contributed by atoms with E-state index in [2.05, 4.69) is 17.1 Å². The summed E-state index contributed by atoms with van der Waals surface area (Å²) in [4.78, 5) is 14.3. The first-order valence-electron chi connectivity index (χ1n) is 7.86. The molecule has 0 amide bonds. The average Bonchev–Trinajstić information content (AvgIpc) is 2.66. The van der Waals surface area contributed by atoms with E-state index in [1.165, 1.54) is 5.56 Å². The zero-order valence-corrected chi connectivity index (χ0v) is 13.1. The van der Waals surface area contributed by atoms with Gasteiger partial charge in [-0.2, -0.15) is 0 Å². The van der Waals surface area contributed by atoms with Crippen LogP contribution in [0.5, 0.6) is 0 Å². The minimum Gasteiger partial charge on any atom is -0.480 e. The first-order valence-corrected chi connectivity index (χ1v) is 7.86. The summed E-state index contributed by atoms with van der Waals surface area (Å²) in [6, 6.07) is 7.96. The number of carboxylic acid groups (broad SMARTS) is 1. The van der Waals surface area contributed by atoms with E-state index in [0.29, 0.717) is 12.8 Å². The molecule has 1 aliphatic rings. The van der Waals surface area contributed by atoms with E-state index in [1.54, 1.807) is 0 Å². The summed E-state index contributed by atoms with van der Waals surface area (Å²) < 4.78 is 0. The molecule has 1 unspecified atom stereocenters. The molecular formula is C17H26N2O2. The van der Waals surface area contributed by atoms with Gasteiger partial charge in [-0.15, -0.1) is 0 Å². The third kappa shape index (κ3) is 3.97. The van der Waals surface area contributed by atoms with Crippen LogP contribution in [0.1, 0.15) is 38.2 Å². The van der Waals surface area contributed by atoms with Crippen LogP contribution in [0, 0.1) is 6.92 Å². The lowest BCUT2D eigenvalue weighted by molar-refractivity contribution is -0.142. The highest BCUT2D eigenvalue weighted by atomic mass is 16.4. The van der Waals surface area contributed by atoms with Gasteiger partial charge in [-0.05, 0) is 57.8 Å². The highest BCUT2D eigenvalue weighted by Gasteiger charge is 2.39. The second kappa shape index (κ2) is 6.94. The fraction of sp³-hybridized carbons (Fsp3) is 0.588. The number of aryl methyl sites for hydroxylation is 1. The van der Waals surface area contributed by atoms with Crippen LogP contribution in [0.15, 0.2) is 24.3 Å². The van der Waals surface area contributed by atoms with Gasteiger partial charge in [0, 0.05) is 12.2 Å². The molecule has 0 aliphatic carbocycles. The van der Waals surface area contributed by atoms with Crippen LogP contribution in [0.3, 0.4) is 0 Å². The van der Waals surface area contributed by atoms with Gasteiger partial charge >= 0.3 is 5.97 Å². The van der Waals surface area contributed by atoms with E-state index in [0.717, 1.165) is 38.2 Å². The van der Waals surface area contributed by atoms with Gasteiger partial charge in [-0.25, -0.2) is 4.79 Å². The largest absolute Gasteiger partial charge is 0.480 e. The van der Waals surface area contributed by atoms with Crippen molar-refractivity contribution >= 4 is 11.7 Å². The Morgan fingerprint density at radius 2 is 2.00 bits per heavy atom. The molecule has 2 rings (SSSR count). The molecule has 1 atom stereocenters. The van der Waals surface area contributed by atoms with Crippen LogP contribution in [-0.2, 0) is 4.79 Å². The standard InChI is InChI=1S/C17H26N2O2/c1-3-11-19-12-4-9-17(10-13-19,16(20)21)18-15-7-5-14(2)6-8-15/h5-8,18H,3-4,9-13H2,1-2H3,(H,20,21). The van der Waals surface area contributed by atoms with Gasteiger partial charge in [0.2, 0.25) is 0 Å². The zero-order chi connectivity index (χ0) is 15.3. The van der Waals surface area contributed by atoms with Crippen molar-refractivity contribution in [3.63, 3.8) is 0 Å². The maximum absolute atomic E-state index is 11.9. The number of likely N-dealkylation sites (tertiary alicyclic amines) is 1. The Morgan fingerprint density at radius 1 is 1.29 bits per heavy atom. The highest BCUT2D eigenvalue weighted by Crippen LogP contribution is 2.28. The van der Waals surface area contributed by atoms with Gasteiger partial charge in [0.1, 0.15) is 5.54 Å². The number of carboxylic acids is 1. The summed E-state index contributed by atoms with van der Waals surface area (Å²) in [7, 11) is 0. The summed E-state index contributed by atoms with van der Waals surface area (Å²) in [6.45, 7) is 7.10. The van der Waals surface area contributed by atoms with Crippen molar-refractivity contribution in [3.8, 4) is 0 Å². The fourth-order valence-corrected chi connectivity index (χ4v) is 3.04. The molecule has 1 aromatic carbocycles. The number of hydrogen-bond donors (Lipinski definition) is 2. The fourth-order valence-electron chi connectivity index (χ4n) is 3.04. The van der Waals surface area contributed by atoms with Gasteiger partial charge in [0.25, 0.3) is 0 Å². The number of anilines is 1. The molecule has 1 heterocycles. The Balaban J connectivity index is 2.13. The van der Waals surface area contributed by atoms with Crippen molar-refractivity contribution in [2.45, 2.75) is 45.1 Å². The van der Waals surface area contributed by atoms with E-state index < -0.39 is 11.5 Å². The number of rotatable bonds is 5. The molecule has 1 aromatic rings.